The van der Waals surface area contributed by atoms with E-state index in [1.165, 1.54) is 83.5 Å². The second-order valence-corrected chi connectivity index (χ2v) is 6.56. The van der Waals surface area contributed by atoms with Crippen LogP contribution in [0.5, 0.6) is 0 Å². The van der Waals surface area contributed by atoms with E-state index in [9.17, 15) is 0 Å². The molecule has 0 fully saturated rings. The molecule has 0 aromatic rings. The van der Waals surface area contributed by atoms with Crippen LogP contribution < -0.4 is 0 Å². The Hall–Kier alpha value is -0.340. The molecule has 0 heterocycles. The SMILES string of the molecule is C=C(CO)COCCCCCCCCCCCCCCCC. The van der Waals surface area contributed by atoms with Gasteiger partial charge in [0.2, 0.25) is 0 Å². The molecule has 0 saturated heterocycles. The fourth-order valence-electron chi connectivity index (χ4n) is 2.66. The van der Waals surface area contributed by atoms with Gasteiger partial charge in [-0.15, -0.1) is 0 Å². The van der Waals surface area contributed by atoms with Gasteiger partial charge in [0.05, 0.1) is 13.2 Å². The molecule has 2 heteroatoms. The summed E-state index contributed by atoms with van der Waals surface area (Å²) in [6.07, 6.45) is 19.3. The molecule has 0 rings (SSSR count). The van der Waals surface area contributed by atoms with Crippen molar-refractivity contribution in [1.29, 1.82) is 0 Å². The Labute approximate surface area is 139 Å². The third-order valence-corrected chi connectivity index (χ3v) is 4.17. The molecule has 22 heavy (non-hydrogen) atoms. The van der Waals surface area contributed by atoms with E-state index >= 15 is 0 Å². The van der Waals surface area contributed by atoms with Crippen LogP contribution in [-0.4, -0.2) is 24.9 Å². The number of aliphatic hydroxyl groups excluding tert-OH is 1. The first-order chi connectivity index (χ1) is 10.8. The topological polar surface area (TPSA) is 29.5 Å². The molecule has 0 aromatic carbocycles. The van der Waals surface area contributed by atoms with Crippen LogP contribution in [0.2, 0.25) is 0 Å². The average Bonchev–Trinajstić information content (AvgIpc) is 2.54. The Bertz CT molecular complexity index is 226. The Balaban J connectivity index is 2.98. The van der Waals surface area contributed by atoms with Crippen LogP contribution >= 0.6 is 0 Å². The molecule has 0 spiro atoms. The Morgan fingerprint density at radius 1 is 0.727 bits per heavy atom. The molecule has 0 atom stereocenters. The third-order valence-electron chi connectivity index (χ3n) is 4.17. The molecule has 0 bridgehead atoms. The van der Waals surface area contributed by atoms with Gasteiger partial charge in [-0.1, -0.05) is 97.0 Å². The summed E-state index contributed by atoms with van der Waals surface area (Å²) in [5, 5.41) is 8.78. The van der Waals surface area contributed by atoms with Crippen LogP contribution in [0.15, 0.2) is 12.2 Å². The minimum Gasteiger partial charge on any atom is -0.392 e. The molecule has 0 aliphatic heterocycles. The van der Waals surface area contributed by atoms with Crippen molar-refractivity contribution in [3.63, 3.8) is 0 Å². The number of hydrogen-bond donors (Lipinski definition) is 1. The number of ether oxygens (including phenoxy) is 1. The van der Waals surface area contributed by atoms with Crippen molar-refractivity contribution in [2.24, 2.45) is 0 Å². The molecule has 132 valence electrons. The van der Waals surface area contributed by atoms with E-state index in [0.717, 1.165) is 18.6 Å². The normalized spacial score (nSPS) is 11.0. The van der Waals surface area contributed by atoms with Gasteiger partial charge < -0.3 is 9.84 Å². The van der Waals surface area contributed by atoms with Crippen molar-refractivity contribution in [3.8, 4) is 0 Å². The molecule has 0 radical (unpaired) electrons. The molecular formula is C20H40O2. The van der Waals surface area contributed by atoms with Gasteiger partial charge in [0, 0.05) is 6.61 Å². The van der Waals surface area contributed by atoms with Crippen molar-refractivity contribution in [2.45, 2.75) is 96.8 Å². The van der Waals surface area contributed by atoms with E-state index in [-0.39, 0.29) is 6.61 Å². The van der Waals surface area contributed by atoms with Gasteiger partial charge in [0.25, 0.3) is 0 Å². The zero-order valence-corrected chi connectivity index (χ0v) is 15.1. The van der Waals surface area contributed by atoms with Crippen LogP contribution in [0, 0.1) is 0 Å². The Morgan fingerprint density at radius 2 is 1.14 bits per heavy atom. The van der Waals surface area contributed by atoms with Gasteiger partial charge in [-0.25, -0.2) is 0 Å². The molecular weight excluding hydrogens is 272 g/mol. The lowest BCUT2D eigenvalue weighted by molar-refractivity contribution is 0.142. The zero-order chi connectivity index (χ0) is 16.3. The van der Waals surface area contributed by atoms with Crippen molar-refractivity contribution >= 4 is 0 Å². The van der Waals surface area contributed by atoms with E-state index in [2.05, 4.69) is 13.5 Å². The van der Waals surface area contributed by atoms with Gasteiger partial charge in [-0.3, -0.25) is 0 Å². The monoisotopic (exact) mass is 312 g/mol. The van der Waals surface area contributed by atoms with Crippen LogP contribution in [0.4, 0.5) is 0 Å². The first-order valence-electron chi connectivity index (χ1n) is 9.66. The van der Waals surface area contributed by atoms with E-state index in [4.69, 9.17) is 9.84 Å². The Morgan fingerprint density at radius 3 is 1.55 bits per heavy atom. The minimum absolute atomic E-state index is 0.0404. The van der Waals surface area contributed by atoms with Gasteiger partial charge >= 0.3 is 0 Å². The number of unbranched alkanes of at least 4 members (excludes halogenated alkanes) is 13. The lowest BCUT2D eigenvalue weighted by atomic mass is 10.0. The summed E-state index contributed by atoms with van der Waals surface area (Å²) in [6, 6.07) is 0. The largest absolute Gasteiger partial charge is 0.392 e. The standard InChI is InChI=1S/C20H40O2/c1-3-4-5-6-7-8-9-10-11-12-13-14-15-16-17-22-19-20(2)18-21/h21H,2-19H2,1H3. The van der Waals surface area contributed by atoms with Gasteiger partial charge in [0.1, 0.15) is 0 Å². The van der Waals surface area contributed by atoms with Crippen molar-refractivity contribution < 1.29 is 9.84 Å². The smallest absolute Gasteiger partial charge is 0.0696 e. The second kappa shape index (κ2) is 18.7. The Kier molecular flexibility index (Phi) is 18.4. The average molecular weight is 313 g/mol. The first-order valence-corrected chi connectivity index (χ1v) is 9.66. The molecule has 0 aliphatic carbocycles. The first kappa shape index (κ1) is 21.7. The maximum atomic E-state index is 8.78. The summed E-state index contributed by atoms with van der Waals surface area (Å²) in [4.78, 5) is 0. The van der Waals surface area contributed by atoms with Crippen molar-refractivity contribution in [1.82, 2.24) is 0 Å². The fourth-order valence-corrected chi connectivity index (χ4v) is 2.66. The third kappa shape index (κ3) is 17.7. The summed E-state index contributed by atoms with van der Waals surface area (Å²) in [5.74, 6) is 0. The highest BCUT2D eigenvalue weighted by atomic mass is 16.5. The lowest BCUT2D eigenvalue weighted by Gasteiger charge is -2.05. The summed E-state index contributed by atoms with van der Waals surface area (Å²) >= 11 is 0. The quantitative estimate of drug-likeness (QED) is 0.247. The summed E-state index contributed by atoms with van der Waals surface area (Å²) in [7, 11) is 0. The molecule has 1 N–H and O–H groups in total. The predicted octanol–water partition coefficient (Wildman–Crippen LogP) is 6.03. The zero-order valence-electron chi connectivity index (χ0n) is 15.1. The van der Waals surface area contributed by atoms with Gasteiger partial charge in [-0.05, 0) is 12.0 Å². The number of rotatable bonds is 18. The fraction of sp³-hybridized carbons (Fsp3) is 0.900. The van der Waals surface area contributed by atoms with E-state index in [0.29, 0.717) is 6.61 Å². The van der Waals surface area contributed by atoms with Crippen LogP contribution in [0.25, 0.3) is 0 Å². The van der Waals surface area contributed by atoms with Crippen LogP contribution in [-0.2, 0) is 4.74 Å². The summed E-state index contributed by atoms with van der Waals surface area (Å²) in [6.45, 7) is 7.34. The highest BCUT2D eigenvalue weighted by Gasteiger charge is 1.95. The highest BCUT2D eigenvalue weighted by molar-refractivity contribution is 4.93. The van der Waals surface area contributed by atoms with Crippen LogP contribution in [0.3, 0.4) is 0 Å². The van der Waals surface area contributed by atoms with Gasteiger partial charge in [-0.2, -0.15) is 0 Å². The number of aliphatic hydroxyl groups is 1. The predicted molar refractivity (Wildman–Crippen MR) is 97.4 cm³/mol. The molecule has 0 aliphatic rings. The number of hydrogen-bond acceptors (Lipinski definition) is 2. The molecule has 2 nitrogen and oxygen atoms in total. The van der Waals surface area contributed by atoms with Gasteiger partial charge in [0.15, 0.2) is 0 Å². The highest BCUT2D eigenvalue weighted by Crippen LogP contribution is 2.12. The van der Waals surface area contributed by atoms with Crippen molar-refractivity contribution in [3.05, 3.63) is 12.2 Å². The summed E-state index contributed by atoms with van der Waals surface area (Å²) < 4.78 is 5.43. The maximum Gasteiger partial charge on any atom is 0.0696 e. The summed E-state index contributed by atoms with van der Waals surface area (Å²) in [5.41, 5.74) is 0.769. The second-order valence-electron chi connectivity index (χ2n) is 6.56. The van der Waals surface area contributed by atoms with E-state index in [1.807, 2.05) is 0 Å². The molecule has 0 amide bonds. The minimum atomic E-state index is 0.0404. The van der Waals surface area contributed by atoms with E-state index in [1.54, 1.807) is 0 Å². The van der Waals surface area contributed by atoms with Crippen molar-refractivity contribution in [2.75, 3.05) is 19.8 Å². The van der Waals surface area contributed by atoms with Crippen LogP contribution in [0.1, 0.15) is 96.8 Å². The lowest BCUT2D eigenvalue weighted by Crippen LogP contribution is -2.02. The molecule has 0 saturated carbocycles. The maximum absolute atomic E-state index is 8.78. The molecule has 0 unspecified atom stereocenters. The molecule has 0 aromatic heterocycles. The van der Waals surface area contributed by atoms with E-state index < -0.39 is 0 Å².